The molecule has 0 amide bonds. The molecule has 0 radical (unpaired) electrons. The molecule has 1 aromatic heterocycles. The van der Waals surface area contributed by atoms with Gasteiger partial charge in [0.25, 0.3) is 10.0 Å². The topological polar surface area (TPSA) is 37.4 Å². The monoisotopic (exact) mass is 327 g/mol. The number of hydrogen-bond acceptors (Lipinski definition) is 4. The van der Waals surface area contributed by atoms with Gasteiger partial charge in [-0.05, 0) is 43.0 Å². The second-order valence-corrected chi connectivity index (χ2v) is 8.91. The van der Waals surface area contributed by atoms with Crippen LogP contribution < -0.4 is 0 Å². The Morgan fingerprint density at radius 1 is 1.15 bits per heavy atom. The molecule has 0 spiro atoms. The Morgan fingerprint density at radius 3 is 2.30 bits per heavy atom. The minimum Gasteiger partial charge on any atom is -0.206 e. The average Bonchev–Trinajstić information content (AvgIpc) is 2.87. The molecule has 0 saturated carbocycles. The van der Waals surface area contributed by atoms with E-state index in [1.807, 2.05) is 43.5 Å². The third-order valence-corrected chi connectivity index (χ3v) is 6.96. The fraction of sp³-hybridized carbons (Fsp3) is 0.286. The van der Waals surface area contributed by atoms with Crippen molar-refractivity contribution in [2.24, 2.45) is 0 Å². The lowest BCUT2D eigenvalue weighted by atomic mass is 10.2. The first-order chi connectivity index (χ1) is 9.43. The van der Waals surface area contributed by atoms with E-state index in [9.17, 15) is 8.42 Å². The highest BCUT2D eigenvalue weighted by molar-refractivity contribution is 7.98. The summed E-state index contributed by atoms with van der Waals surface area (Å²) in [5.41, 5.74) is 0.988. The van der Waals surface area contributed by atoms with Gasteiger partial charge in [0.15, 0.2) is 0 Å². The van der Waals surface area contributed by atoms with Crippen molar-refractivity contribution in [3.63, 3.8) is 0 Å². The van der Waals surface area contributed by atoms with E-state index in [-0.39, 0.29) is 0 Å². The van der Waals surface area contributed by atoms with Crippen LogP contribution in [0, 0.1) is 6.92 Å². The van der Waals surface area contributed by atoms with Gasteiger partial charge in [-0.2, -0.15) is 4.31 Å². The van der Waals surface area contributed by atoms with Crippen LogP contribution in [0.4, 0.5) is 0 Å². The van der Waals surface area contributed by atoms with E-state index in [1.54, 1.807) is 24.9 Å². The Hall–Kier alpha value is -0.820. The molecule has 1 aromatic carbocycles. The summed E-state index contributed by atoms with van der Waals surface area (Å²) in [6.45, 7) is 2.29. The van der Waals surface area contributed by atoms with Crippen molar-refractivity contribution in [1.29, 1.82) is 0 Å². The largest absolute Gasteiger partial charge is 0.252 e. The molecule has 0 unspecified atom stereocenters. The van der Waals surface area contributed by atoms with Gasteiger partial charge in [-0.25, -0.2) is 8.42 Å². The molecule has 2 aromatic rings. The highest BCUT2D eigenvalue weighted by Gasteiger charge is 2.22. The number of sulfonamides is 1. The number of hydrogen-bond donors (Lipinski definition) is 0. The Bertz CT molecular complexity index is 675. The second-order valence-electron chi connectivity index (χ2n) is 4.47. The predicted molar refractivity (Wildman–Crippen MR) is 85.9 cm³/mol. The summed E-state index contributed by atoms with van der Waals surface area (Å²) in [4.78, 5) is 2.18. The van der Waals surface area contributed by atoms with Crippen LogP contribution in [0.25, 0.3) is 0 Å². The maximum Gasteiger partial charge on any atom is 0.252 e. The summed E-state index contributed by atoms with van der Waals surface area (Å²) >= 11 is 2.98. The van der Waals surface area contributed by atoms with E-state index in [0.29, 0.717) is 10.8 Å². The highest BCUT2D eigenvalue weighted by atomic mass is 32.2. The number of nitrogens with zero attached hydrogens (tertiary/aromatic N) is 1. The molecule has 20 heavy (non-hydrogen) atoms. The van der Waals surface area contributed by atoms with E-state index in [1.165, 1.54) is 20.5 Å². The molecule has 1 heterocycles. The van der Waals surface area contributed by atoms with Gasteiger partial charge in [0.05, 0.1) is 0 Å². The fourth-order valence-corrected chi connectivity index (χ4v) is 4.84. The van der Waals surface area contributed by atoms with Crippen LogP contribution in [0.2, 0.25) is 0 Å². The zero-order valence-electron chi connectivity index (χ0n) is 11.7. The van der Waals surface area contributed by atoms with Crippen molar-refractivity contribution < 1.29 is 8.42 Å². The molecular formula is C14H17NO2S3. The van der Waals surface area contributed by atoms with Gasteiger partial charge in [0.2, 0.25) is 0 Å². The van der Waals surface area contributed by atoms with Crippen molar-refractivity contribution in [3.8, 4) is 0 Å². The second kappa shape index (κ2) is 6.30. The van der Waals surface area contributed by atoms with Crippen molar-refractivity contribution in [2.45, 2.75) is 22.6 Å². The van der Waals surface area contributed by atoms with Crippen molar-refractivity contribution >= 4 is 33.1 Å². The van der Waals surface area contributed by atoms with Gasteiger partial charge in [0.1, 0.15) is 4.21 Å². The van der Waals surface area contributed by atoms with Crippen LogP contribution in [0.15, 0.2) is 45.5 Å². The van der Waals surface area contributed by atoms with E-state index in [4.69, 9.17) is 0 Å². The van der Waals surface area contributed by atoms with Gasteiger partial charge in [-0.15, -0.1) is 23.1 Å². The van der Waals surface area contributed by atoms with E-state index in [2.05, 4.69) is 0 Å². The van der Waals surface area contributed by atoms with Gasteiger partial charge in [-0.1, -0.05) is 12.1 Å². The number of thioether (sulfide) groups is 1. The van der Waals surface area contributed by atoms with Gasteiger partial charge < -0.3 is 0 Å². The average molecular weight is 327 g/mol. The van der Waals surface area contributed by atoms with E-state index >= 15 is 0 Å². The third-order valence-electron chi connectivity index (χ3n) is 2.94. The summed E-state index contributed by atoms with van der Waals surface area (Å²) in [6, 6.07) is 11.5. The molecule has 0 atom stereocenters. The zero-order chi connectivity index (χ0) is 14.8. The number of thiophene rings is 1. The minimum atomic E-state index is -3.39. The Labute approximate surface area is 128 Å². The number of benzene rings is 1. The van der Waals surface area contributed by atoms with Crippen LogP contribution in [0.1, 0.15) is 10.4 Å². The summed E-state index contributed by atoms with van der Waals surface area (Å²) in [5.74, 6) is 0. The number of rotatable bonds is 5. The first-order valence-electron chi connectivity index (χ1n) is 6.09. The van der Waals surface area contributed by atoms with E-state index in [0.717, 1.165) is 10.4 Å². The minimum absolute atomic E-state index is 0.383. The summed E-state index contributed by atoms with van der Waals surface area (Å²) < 4.78 is 26.6. The van der Waals surface area contributed by atoms with Crippen LogP contribution in [-0.4, -0.2) is 26.0 Å². The summed E-state index contributed by atoms with van der Waals surface area (Å²) in [5, 5.41) is 0. The molecule has 0 N–H and O–H groups in total. The van der Waals surface area contributed by atoms with E-state index < -0.39 is 10.0 Å². The van der Waals surface area contributed by atoms with Crippen LogP contribution >= 0.6 is 23.1 Å². The van der Waals surface area contributed by atoms with Crippen LogP contribution in [-0.2, 0) is 16.6 Å². The lowest BCUT2D eigenvalue weighted by Gasteiger charge is -2.16. The molecule has 0 aliphatic heterocycles. The smallest absolute Gasteiger partial charge is 0.206 e. The molecule has 6 heteroatoms. The standard InChI is InChI=1S/C14H17NO2S3/c1-11-4-9-14(19-11)20(16,17)15(2)10-12-5-7-13(18-3)8-6-12/h4-9H,10H2,1-3H3. The third kappa shape index (κ3) is 3.44. The lowest BCUT2D eigenvalue weighted by Crippen LogP contribution is -2.25. The Balaban J connectivity index is 2.16. The normalized spacial score (nSPS) is 12.0. The lowest BCUT2D eigenvalue weighted by molar-refractivity contribution is 0.468. The summed E-state index contributed by atoms with van der Waals surface area (Å²) in [7, 11) is -1.77. The van der Waals surface area contributed by atoms with Crippen molar-refractivity contribution in [1.82, 2.24) is 4.31 Å². The van der Waals surface area contributed by atoms with Crippen LogP contribution in [0.5, 0.6) is 0 Å². The Kier molecular flexibility index (Phi) is 4.90. The Morgan fingerprint density at radius 2 is 1.80 bits per heavy atom. The zero-order valence-corrected chi connectivity index (χ0v) is 14.1. The fourth-order valence-electron chi connectivity index (χ4n) is 1.78. The quantitative estimate of drug-likeness (QED) is 0.788. The maximum atomic E-state index is 12.4. The van der Waals surface area contributed by atoms with Crippen LogP contribution in [0.3, 0.4) is 0 Å². The summed E-state index contributed by atoms with van der Waals surface area (Å²) in [6.07, 6.45) is 2.02. The molecule has 0 aliphatic carbocycles. The molecule has 2 rings (SSSR count). The van der Waals surface area contributed by atoms with Gasteiger partial charge >= 0.3 is 0 Å². The molecule has 0 saturated heterocycles. The molecule has 3 nitrogen and oxygen atoms in total. The number of aryl methyl sites for hydroxylation is 1. The first kappa shape index (κ1) is 15.6. The highest BCUT2D eigenvalue weighted by Crippen LogP contribution is 2.25. The molecule has 0 fully saturated rings. The predicted octanol–water partition coefficient (Wildman–Crippen LogP) is 3.60. The molecular weight excluding hydrogens is 310 g/mol. The molecule has 108 valence electrons. The molecule has 0 aliphatic rings. The van der Waals surface area contributed by atoms with Gasteiger partial charge in [-0.3, -0.25) is 0 Å². The van der Waals surface area contributed by atoms with Gasteiger partial charge in [0, 0.05) is 23.4 Å². The molecule has 0 bridgehead atoms. The van der Waals surface area contributed by atoms with Crippen molar-refractivity contribution in [3.05, 3.63) is 46.8 Å². The SMILES string of the molecule is CSc1ccc(CN(C)S(=O)(=O)c2ccc(C)s2)cc1. The maximum absolute atomic E-state index is 12.4. The van der Waals surface area contributed by atoms with Crippen molar-refractivity contribution in [2.75, 3.05) is 13.3 Å². The first-order valence-corrected chi connectivity index (χ1v) is 9.57.